The summed E-state index contributed by atoms with van der Waals surface area (Å²) in [5.74, 6) is -0.308. The molecule has 1 aromatic heterocycles. The van der Waals surface area contributed by atoms with E-state index in [2.05, 4.69) is 9.98 Å². The third-order valence-corrected chi connectivity index (χ3v) is 2.92. The summed E-state index contributed by atoms with van der Waals surface area (Å²) in [7, 11) is 0. The predicted octanol–water partition coefficient (Wildman–Crippen LogP) is 2.46. The molecule has 1 aliphatic rings. The topological polar surface area (TPSA) is 47.2 Å². The largest absolute Gasteiger partial charge is 0.275 e. The van der Waals surface area contributed by atoms with Crippen molar-refractivity contribution < 1.29 is 4.79 Å². The Bertz CT molecular complexity index is 449. The van der Waals surface area contributed by atoms with Gasteiger partial charge in [0.15, 0.2) is 0 Å². The fourth-order valence-corrected chi connectivity index (χ4v) is 1.54. The second-order valence-electron chi connectivity index (χ2n) is 2.81. The van der Waals surface area contributed by atoms with E-state index in [4.69, 9.17) is 34.8 Å². The molecule has 14 heavy (non-hydrogen) atoms. The SMILES string of the molecule is CC1=Nc2nc(Cl)cn2C(=O)C1(Cl)Cl. The molecule has 0 atom stereocenters. The van der Waals surface area contributed by atoms with Crippen LogP contribution in [0.25, 0.3) is 0 Å². The molecular formula is C7H4Cl3N3O. The second kappa shape index (κ2) is 2.95. The zero-order valence-corrected chi connectivity index (χ0v) is 9.23. The van der Waals surface area contributed by atoms with Gasteiger partial charge in [-0.2, -0.15) is 4.98 Å². The molecule has 0 unspecified atom stereocenters. The van der Waals surface area contributed by atoms with Gasteiger partial charge in [0.25, 0.3) is 5.91 Å². The van der Waals surface area contributed by atoms with Crippen LogP contribution in [-0.4, -0.2) is 25.5 Å². The van der Waals surface area contributed by atoms with Crippen LogP contribution in [0.3, 0.4) is 0 Å². The highest BCUT2D eigenvalue weighted by atomic mass is 35.5. The summed E-state index contributed by atoms with van der Waals surface area (Å²) in [6, 6.07) is 0. The average Bonchev–Trinajstić information content (AvgIpc) is 2.43. The summed E-state index contributed by atoms with van der Waals surface area (Å²) in [6.45, 7) is 1.56. The first kappa shape index (κ1) is 9.96. The first-order valence-electron chi connectivity index (χ1n) is 3.66. The Morgan fingerprint density at radius 1 is 1.50 bits per heavy atom. The minimum atomic E-state index is -1.63. The molecule has 0 aliphatic carbocycles. The normalized spacial score (nSPS) is 19.1. The molecule has 0 aromatic carbocycles. The zero-order valence-electron chi connectivity index (χ0n) is 6.96. The molecule has 2 rings (SSSR count). The lowest BCUT2D eigenvalue weighted by Crippen LogP contribution is -2.40. The first-order valence-corrected chi connectivity index (χ1v) is 4.79. The lowest BCUT2D eigenvalue weighted by Gasteiger charge is -2.22. The maximum atomic E-state index is 11.7. The molecule has 0 saturated heterocycles. The number of fused-ring (bicyclic) bond motifs is 1. The Kier molecular flexibility index (Phi) is 2.10. The van der Waals surface area contributed by atoms with Crippen LogP contribution >= 0.6 is 34.8 Å². The number of aromatic nitrogens is 2. The smallest absolute Gasteiger partial charge is 0.270 e. The minimum absolute atomic E-state index is 0.177. The average molecular weight is 252 g/mol. The van der Waals surface area contributed by atoms with Crippen molar-refractivity contribution in [2.75, 3.05) is 0 Å². The number of alkyl halides is 2. The first-order chi connectivity index (χ1) is 6.43. The molecule has 0 bridgehead atoms. The molecule has 0 amide bonds. The highest BCUT2D eigenvalue weighted by Gasteiger charge is 2.42. The number of carbonyl (C=O) groups is 1. The Hall–Kier alpha value is -0.580. The highest BCUT2D eigenvalue weighted by Crippen LogP contribution is 2.33. The number of carbonyl (C=O) groups excluding carboxylic acids is 1. The third kappa shape index (κ3) is 1.26. The van der Waals surface area contributed by atoms with Gasteiger partial charge in [0.05, 0.1) is 11.9 Å². The molecule has 0 saturated carbocycles. The molecule has 0 fully saturated rings. The Morgan fingerprint density at radius 3 is 2.79 bits per heavy atom. The van der Waals surface area contributed by atoms with Crippen molar-refractivity contribution in [1.29, 1.82) is 0 Å². The quantitative estimate of drug-likeness (QED) is 0.666. The fraction of sp³-hybridized carbons (Fsp3) is 0.286. The van der Waals surface area contributed by atoms with Crippen LogP contribution in [-0.2, 0) is 0 Å². The van der Waals surface area contributed by atoms with E-state index in [1.165, 1.54) is 6.20 Å². The number of imidazole rings is 1. The predicted molar refractivity (Wildman–Crippen MR) is 55.1 cm³/mol. The van der Waals surface area contributed by atoms with Gasteiger partial charge in [-0.3, -0.25) is 4.79 Å². The second-order valence-corrected chi connectivity index (χ2v) is 4.52. The number of nitrogens with zero attached hydrogens (tertiary/aromatic N) is 3. The molecule has 4 nitrogen and oxygen atoms in total. The molecule has 0 radical (unpaired) electrons. The van der Waals surface area contributed by atoms with E-state index in [0.29, 0.717) is 5.71 Å². The molecule has 0 spiro atoms. The van der Waals surface area contributed by atoms with Crippen molar-refractivity contribution in [2.24, 2.45) is 4.99 Å². The van der Waals surface area contributed by atoms with E-state index in [1.807, 2.05) is 0 Å². The van der Waals surface area contributed by atoms with Crippen LogP contribution in [0, 0.1) is 0 Å². The van der Waals surface area contributed by atoms with Crippen molar-refractivity contribution in [3.8, 4) is 0 Å². The molecule has 74 valence electrons. The van der Waals surface area contributed by atoms with Crippen molar-refractivity contribution in [2.45, 2.75) is 11.3 Å². The van der Waals surface area contributed by atoms with Gasteiger partial charge in [-0.25, -0.2) is 9.56 Å². The van der Waals surface area contributed by atoms with Gasteiger partial charge in [-0.15, -0.1) is 0 Å². The van der Waals surface area contributed by atoms with Crippen LogP contribution in [0.1, 0.15) is 11.7 Å². The molecular weight excluding hydrogens is 248 g/mol. The number of hydrogen-bond donors (Lipinski definition) is 0. The van der Waals surface area contributed by atoms with Gasteiger partial charge < -0.3 is 0 Å². The number of hydrogen-bond acceptors (Lipinski definition) is 3. The van der Waals surface area contributed by atoms with Crippen LogP contribution in [0.5, 0.6) is 0 Å². The van der Waals surface area contributed by atoms with Crippen molar-refractivity contribution in [1.82, 2.24) is 9.55 Å². The number of rotatable bonds is 0. The van der Waals surface area contributed by atoms with Gasteiger partial charge >= 0.3 is 0 Å². The Labute approximate surface area is 94.5 Å². The lowest BCUT2D eigenvalue weighted by molar-refractivity contribution is 0.0912. The van der Waals surface area contributed by atoms with Gasteiger partial charge in [0.2, 0.25) is 10.3 Å². The summed E-state index contributed by atoms with van der Waals surface area (Å²) in [4.78, 5) is 19.5. The lowest BCUT2D eigenvalue weighted by atomic mass is 10.2. The van der Waals surface area contributed by atoms with Gasteiger partial charge in [-0.1, -0.05) is 34.8 Å². The van der Waals surface area contributed by atoms with Gasteiger partial charge in [-0.05, 0) is 6.92 Å². The van der Waals surface area contributed by atoms with Crippen LogP contribution in [0.4, 0.5) is 5.95 Å². The standard InChI is InChI=1S/C7H4Cl3N3O/c1-3-7(9,10)5(14)13-2-4(8)12-6(13)11-3/h2H,1H3. The van der Waals surface area contributed by atoms with Gasteiger partial charge in [0.1, 0.15) is 5.15 Å². The molecule has 7 heteroatoms. The van der Waals surface area contributed by atoms with Gasteiger partial charge in [0, 0.05) is 0 Å². The third-order valence-electron chi connectivity index (χ3n) is 1.87. The maximum absolute atomic E-state index is 11.7. The number of halogens is 3. The molecule has 1 aromatic rings. The van der Waals surface area contributed by atoms with Crippen LogP contribution in [0.2, 0.25) is 5.15 Å². The van der Waals surface area contributed by atoms with E-state index in [-0.39, 0.29) is 11.1 Å². The molecule has 1 aliphatic heterocycles. The fourth-order valence-electron chi connectivity index (χ4n) is 1.10. The number of aliphatic imine (C=N–C) groups is 1. The van der Waals surface area contributed by atoms with E-state index < -0.39 is 10.2 Å². The van der Waals surface area contributed by atoms with Crippen molar-refractivity contribution >= 4 is 52.4 Å². The van der Waals surface area contributed by atoms with Crippen molar-refractivity contribution in [3.63, 3.8) is 0 Å². The zero-order chi connectivity index (χ0) is 10.5. The summed E-state index contributed by atoms with van der Waals surface area (Å²) < 4.78 is -0.494. The van der Waals surface area contributed by atoms with E-state index in [9.17, 15) is 4.79 Å². The van der Waals surface area contributed by atoms with E-state index >= 15 is 0 Å². The minimum Gasteiger partial charge on any atom is -0.270 e. The van der Waals surface area contributed by atoms with Crippen molar-refractivity contribution in [3.05, 3.63) is 11.3 Å². The van der Waals surface area contributed by atoms with E-state index in [0.717, 1.165) is 4.57 Å². The highest BCUT2D eigenvalue weighted by molar-refractivity contribution is 6.68. The monoisotopic (exact) mass is 251 g/mol. The Balaban J connectivity index is 2.66. The summed E-state index contributed by atoms with van der Waals surface area (Å²) >= 11 is 17.2. The maximum Gasteiger partial charge on any atom is 0.275 e. The summed E-state index contributed by atoms with van der Waals surface area (Å²) in [6.07, 6.45) is 1.33. The molecule has 2 heterocycles. The van der Waals surface area contributed by atoms with Crippen LogP contribution < -0.4 is 0 Å². The Morgan fingerprint density at radius 2 is 2.14 bits per heavy atom. The summed E-state index contributed by atoms with van der Waals surface area (Å²) in [5, 5.41) is 0.177. The summed E-state index contributed by atoms with van der Waals surface area (Å²) in [5.41, 5.74) is 0.292. The van der Waals surface area contributed by atoms with E-state index in [1.54, 1.807) is 6.92 Å². The molecule has 0 N–H and O–H groups in total. The van der Waals surface area contributed by atoms with Crippen LogP contribution in [0.15, 0.2) is 11.2 Å².